The average Bonchev–Trinajstić information content (AvgIpc) is 3.41. The van der Waals surface area contributed by atoms with Gasteiger partial charge in [0.25, 0.3) is 0 Å². The third-order valence-electron chi connectivity index (χ3n) is 6.47. The maximum Gasteiger partial charge on any atom is 0.350 e. The summed E-state index contributed by atoms with van der Waals surface area (Å²) in [5.41, 5.74) is 3.85. The quantitative estimate of drug-likeness (QED) is 0.274. The first-order valence-electron chi connectivity index (χ1n) is 12.4. The molecule has 2 heterocycles. The van der Waals surface area contributed by atoms with Gasteiger partial charge in [-0.2, -0.15) is 0 Å². The molecular formula is C28H31N3O3S. The Morgan fingerprint density at radius 2 is 1.91 bits per heavy atom. The molecule has 0 unspecified atom stereocenters. The van der Waals surface area contributed by atoms with Gasteiger partial charge in [0.15, 0.2) is 4.96 Å². The van der Waals surface area contributed by atoms with Crippen LogP contribution in [0.1, 0.15) is 60.0 Å². The number of benzene rings is 2. The van der Waals surface area contributed by atoms with Crippen LogP contribution in [0.15, 0.2) is 54.6 Å². The van der Waals surface area contributed by atoms with Crippen LogP contribution in [0, 0.1) is 6.92 Å². The number of ether oxygens (including phenoxy) is 2. The molecule has 0 aliphatic heterocycles. The molecule has 2 aromatic carbocycles. The summed E-state index contributed by atoms with van der Waals surface area (Å²) < 4.78 is 13.5. The lowest BCUT2D eigenvalue weighted by Crippen LogP contribution is -2.23. The van der Waals surface area contributed by atoms with E-state index in [-0.39, 0.29) is 5.97 Å². The number of rotatable bonds is 8. The Balaban J connectivity index is 1.51. The number of anilines is 1. The van der Waals surface area contributed by atoms with Crippen LogP contribution in [-0.4, -0.2) is 28.0 Å². The predicted molar refractivity (Wildman–Crippen MR) is 140 cm³/mol. The number of fused-ring (bicyclic) bond motifs is 1. The lowest BCUT2D eigenvalue weighted by Gasteiger charge is -2.24. The van der Waals surface area contributed by atoms with Crippen LogP contribution < -0.4 is 10.1 Å². The first-order chi connectivity index (χ1) is 17.1. The number of hydrogen-bond acceptors (Lipinski definition) is 6. The first kappa shape index (κ1) is 23.4. The molecule has 1 aliphatic rings. The van der Waals surface area contributed by atoms with Crippen molar-refractivity contribution in [2.24, 2.45) is 0 Å². The predicted octanol–water partition coefficient (Wildman–Crippen LogP) is 6.87. The molecule has 35 heavy (non-hydrogen) atoms. The van der Waals surface area contributed by atoms with Gasteiger partial charge in [0.05, 0.1) is 6.61 Å². The Morgan fingerprint density at radius 1 is 1.11 bits per heavy atom. The molecule has 0 saturated heterocycles. The molecule has 6 nitrogen and oxygen atoms in total. The number of carbonyl (C=O) groups is 1. The lowest BCUT2D eigenvalue weighted by molar-refractivity contribution is 0.0531. The van der Waals surface area contributed by atoms with Gasteiger partial charge in [0.2, 0.25) is 0 Å². The number of nitrogens with zero attached hydrogens (tertiary/aromatic N) is 2. The summed E-state index contributed by atoms with van der Waals surface area (Å²) in [5, 5.41) is 3.79. The van der Waals surface area contributed by atoms with Crippen molar-refractivity contribution in [2.45, 2.75) is 58.6 Å². The van der Waals surface area contributed by atoms with Crippen LogP contribution in [0.25, 0.3) is 16.2 Å². The summed E-state index contributed by atoms with van der Waals surface area (Å²) in [4.78, 5) is 18.9. The maximum atomic E-state index is 12.5. The molecule has 4 aromatic rings. The van der Waals surface area contributed by atoms with Gasteiger partial charge in [-0.15, -0.1) is 0 Å². The van der Waals surface area contributed by atoms with Crippen molar-refractivity contribution in [3.8, 4) is 17.0 Å². The number of imidazole rings is 1. The standard InChI is InChI=1S/C28H31N3O3S/c1-3-33-27(32)25-19(2)31-26(29-22-14-8-5-9-15-22)24(30-28(31)35-25)21-13-10-16-23(17-21)34-18-20-11-6-4-7-12-20/h4,6-7,10-13,16-17,22,29H,3,5,8-9,14-15,18H2,1-2H3. The number of esters is 1. The summed E-state index contributed by atoms with van der Waals surface area (Å²) in [7, 11) is 0. The van der Waals surface area contributed by atoms with Gasteiger partial charge in [-0.25, -0.2) is 9.78 Å². The third-order valence-corrected chi connectivity index (χ3v) is 7.59. The summed E-state index contributed by atoms with van der Waals surface area (Å²) in [5.74, 6) is 1.45. The summed E-state index contributed by atoms with van der Waals surface area (Å²) in [6.07, 6.45) is 6.03. The number of thiazole rings is 1. The highest BCUT2D eigenvalue weighted by molar-refractivity contribution is 7.19. The van der Waals surface area contributed by atoms with E-state index in [1.165, 1.54) is 30.6 Å². The molecule has 0 radical (unpaired) electrons. The van der Waals surface area contributed by atoms with Crippen molar-refractivity contribution >= 4 is 28.1 Å². The number of carbonyl (C=O) groups excluding carboxylic acids is 1. The van der Waals surface area contributed by atoms with Gasteiger partial charge in [-0.05, 0) is 44.4 Å². The Hall–Kier alpha value is -3.32. The second-order valence-electron chi connectivity index (χ2n) is 8.95. The van der Waals surface area contributed by atoms with Crippen molar-refractivity contribution in [3.63, 3.8) is 0 Å². The Morgan fingerprint density at radius 3 is 2.69 bits per heavy atom. The molecule has 0 atom stereocenters. The SMILES string of the molecule is CCOC(=O)c1sc2nc(-c3cccc(OCc4ccccc4)c3)c(NC3CCCCC3)n2c1C. The molecule has 1 saturated carbocycles. The van der Waals surface area contributed by atoms with Crippen LogP contribution in [0.4, 0.5) is 5.82 Å². The minimum Gasteiger partial charge on any atom is -0.489 e. The average molecular weight is 490 g/mol. The van der Waals surface area contributed by atoms with E-state index < -0.39 is 0 Å². The fourth-order valence-corrected chi connectivity index (χ4v) is 5.70. The molecular weight excluding hydrogens is 458 g/mol. The normalized spacial score (nSPS) is 14.2. The largest absolute Gasteiger partial charge is 0.489 e. The van der Waals surface area contributed by atoms with E-state index in [1.54, 1.807) is 0 Å². The molecule has 0 amide bonds. The number of nitrogens with one attached hydrogen (secondary N) is 1. The lowest BCUT2D eigenvalue weighted by atomic mass is 9.95. The topological polar surface area (TPSA) is 64.9 Å². The molecule has 0 bridgehead atoms. The van der Waals surface area contributed by atoms with Crippen LogP contribution in [0.3, 0.4) is 0 Å². The molecule has 2 aromatic heterocycles. The minimum atomic E-state index is -0.290. The van der Waals surface area contributed by atoms with Crippen LogP contribution in [0.5, 0.6) is 5.75 Å². The minimum absolute atomic E-state index is 0.290. The number of aromatic nitrogens is 2. The van der Waals surface area contributed by atoms with Crippen molar-refractivity contribution in [1.82, 2.24) is 9.38 Å². The Bertz CT molecular complexity index is 1310. The second-order valence-corrected chi connectivity index (χ2v) is 9.92. The van der Waals surface area contributed by atoms with E-state index in [9.17, 15) is 4.79 Å². The second kappa shape index (κ2) is 10.5. The van der Waals surface area contributed by atoms with Gasteiger partial charge in [-0.3, -0.25) is 4.40 Å². The maximum absolute atomic E-state index is 12.5. The van der Waals surface area contributed by atoms with Crippen molar-refractivity contribution in [3.05, 3.63) is 70.7 Å². The van der Waals surface area contributed by atoms with E-state index in [1.807, 2.05) is 50.2 Å². The van der Waals surface area contributed by atoms with Gasteiger partial charge < -0.3 is 14.8 Å². The monoisotopic (exact) mass is 489 g/mol. The molecule has 1 aliphatic carbocycles. The molecule has 7 heteroatoms. The number of hydrogen-bond donors (Lipinski definition) is 1. The zero-order valence-electron chi connectivity index (χ0n) is 20.3. The third kappa shape index (κ3) is 5.05. The highest BCUT2D eigenvalue weighted by Gasteiger charge is 2.25. The van der Waals surface area contributed by atoms with Crippen LogP contribution in [-0.2, 0) is 11.3 Å². The van der Waals surface area contributed by atoms with Crippen molar-refractivity contribution in [2.75, 3.05) is 11.9 Å². The van der Waals surface area contributed by atoms with E-state index in [0.29, 0.717) is 24.1 Å². The highest BCUT2D eigenvalue weighted by atomic mass is 32.1. The molecule has 0 spiro atoms. The van der Waals surface area contributed by atoms with Crippen molar-refractivity contribution in [1.29, 1.82) is 0 Å². The van der Waals surface area contributed by atoms with E-state index in [4.69, 9.17) is 14.5 Å². The smallest absolute Gasteiger partial charge is 0.350 e. The van der Waals surface area contributed by atoms with E-state index >= 15 is 0 Å². The number of aryl methyl sites for hydroxylation is 1. The molecule has 1 fully saturated rings. The van der Waals surface area contributed by atoms with Gasteiger partial charge >= 0.3 is 5.97 Å². The van der Waals surface area contributed by atoms with Crippen molar-refractivity contribution < 1.29 is 14.3 Å². The Kier molecular flexibility index (Phi) is 7.04. The van der Waals surface area contributed by atoms with E-state index in [2.05, 4.69) is 27.9 Å². The Labute approximate surface area is 209 Å². The van der Waals surface area contributed by atoms with E-state index in [0.717, 1.165) is 51.9 Å². The van der Waals surface area contributed by atoms with Crippen LogP contribution >= 0.6 is 11.3 Å². The zero-order chi connectivity index (χ0) is 24.2. The summed E-state index contributed by atoms with van der Waals surface area (Å²) >= 11 is 1.38. The molecule has 182 valence electrons. The van der Waals surface area contributed by atoms with Gasteiger partial charge in [0.1, 0.15) is 28.7 Å². The summed E-state index contributed by atoms with van der Waals surface area (Å²) in [6.45, 7) is 4.66. The van der Waals surface area contributed by atoms with Gasteiger partial charge in [0, 0.05) is 17.3 Å². The first-order valence-corrected chi connectivity index (χ1v) is 13.2. The zero-order valence-corrected chi connectivity index (χ0v) is 21.1. The fraction of sp³-hybridized carbons (Fsp3) is 0.357. The summed E-state index contributed by atoms with van der Waals surface area (Å²) in [6, 6.07) is 18.6. The van der Waals surface area contributed by atoms with Gasteiger partial charge in [-0.1, -0.05) is 73.1 Å². The molecule has 1 N–H and O–H groups in total. The fourth-order valence-electron chi connectivity index (χ4n) is 4.68. The van der Waals surface area contributed by atoms with Crippen LogP contribution in [0.2, 0.25) is 0 Å². The molecule has 5 rings (SSSR count). The highest BCUT2D eigenvalue weighted by Crippen LogP contribution is 2.37.